The molecule has 0 radical (unpaired) electrons. The van der Waals surface area contributed by atoms with Crippen LogP contribution in [0.2, 0.25) is 0 Å². The summed E-state index contributed by atoms with van der Waals surface area (Å²) in [5.74, 6) is 1.01. The second-order valence-corrected chi connectivity index (χ2v) is 5.61. The van der Waals surface area contributed by atoms with Crippen molar-refractivity contribution in [3.63, 3.8) is 0 Å². The van der Waals surface area contributed by atoms with Gasteiger partial charge in [0.05, 0.1) is 5.69 Å². The molecule has 1 N–H and O–H groups in total. The Morgan fingerprint density at radius 2 is 2.05 bits per heavy atom. The maximum atomic E-state index is 5.61. The summed E-state index contributed by atoms with van der Waals surface area (Å²) in [6.07, 6.45) is 6.64. The van der Waals surface area contributed by atoms with Crippen LogP contribution in [-0.4, -0.2) is 37.7 Å². The zero-order valence-corrected chi connectivity index (χ0v) is 11.7. The Balaban J connectivity index is 1.49. The lowest BCUT2D eigenvalue weighted by Crippen LogP contribution is -2.30. The van der Waals surface area contributed by atoms with Gasteiger partial charge in [0, 0.05) is 6.54 Å². The lowest BCUT2D eigenvalue weighted by molar-refractivity contribution is 0.226. The third-order valence-corrected chi connectivity index (χ3v) is 4.11. The summed E-state index contributed by atoms with van der Waals surface area (Å²) in [6.45, 7) is 5.56. The van der Waals surface area contributed by atoms with E-state index in [2.05, 4.69) is 28.4 Å². The number of rotatable bonds is 4. The van der Waals surface area contributed by atoms with E-state index in [-0.39, 0.29) is 0 Å². The average Bonchev–Trinajstić information content (AvgIpc) is 2.48. The van der Waals surface area contributed by atoms with Crippen LogP contribution in [-0.2, 0) is 6.42 Å². The van der Waals surface area contributed by atoms with Crippen molar-refractivity contribution in [1.29, 1.82) is 0 Å². The molecule has 19 heavy (non-hydrogen) atoms. The molecule has 0 bridgehead atoms. The van der Waals surface area contributed by atoms with Crippen LogP contribution in [0, 0.1) is 0 Å². The van der Waals surface area contributed by atoms with E-state index >= 15 is 0 Å². The van der Waals surface area contributed by atoms with Gasteiger partial charge >= 0.3 is 0 Å². The first-order chi connectivity index (χ1) is 9.42. The van der Waals surface area contributed by atoms with Crippen molar-refractivity contribution in [2.24, 2.45) is 0 Å². The lowest BCUT2D eigenvalue weighted by Gasteiger charge is -2.26. The van der Waals surface area contributed by atoms with Gasteiger partial charge in [0.2, 0.25) is 0 Å². The Labute approximate surface area is 115 Å². The van der Waals surface area contributed by atoms with Gasteiger partial charge in [0.25, 0.3) is 0 Å². The van der Waals surface area contributed by atoms with E-state index in [1.165, 1.54) is 63.0 Å². The van der Waals surface area contributed by atoms with Gasteiger partial charge in [0.15, 0.2) is 0 Å². The summed E-state index contributed by atoms with van der Waals surface area (Å²) >= 11 is 0. The maximum Gasteiger partial charge on any atom is 0.142 e. The number of fused-ring (bicyclic) bond motifs is 1. The van der Waals surface area contributed by atoms with Gasteiger partial charge < -0.3 is 15.0 Å². The molecule has 0 aromatic heterocycles. The zero-order chi connectivity index (χ0) is 12.9. The number of nitrogens with one attached hydrogen (secondary N) is 1. The smallest absolute Gasteiger partial charge is 0.142 e. The van der Waals surface area contributed by atoms with Crippen LogP contribution in [0.15, 0.2) is 18.2 Å². The third kappa shape index (κ3) is 3.41. The van der Waals surface area contributed by atoms with Gasteiger partial charge in [-0.2, -0.15) is 0 Å². The second-order valence-electron chi connectivity index (χ2n) is 5.61. The number of benzene rings is 1. The van der Waals surface area contributed by atoms with Gasteiger partial charge in [-0.25, -0.2) is 0 Å². The molecule has 2 heterocycles. The normalized spacial score (nSPS) is 19.4. The number of hydrogen-bond acceptors (Lipinski definition) is 3. The molecule has 1 aromatic rings. The molecule has 3 rings (SSSR count). The van der Waals surface area contributed by atoms with E-state index in [0.717, 1.165) is 18.9 Å². The highest BCUT2D eigenvalue weighted by Gasteiger charge is 2.11. The highest BCUT2D eigenvalue weighted by molar-refractivity contribution is 5.59. The molecule has 2 aliphatic rings. The van der Waals surface area contributed by atoms with Crippen LogP contribution >= 0.6 is 0 Å². The summed E-state index contributed by atoms with van der Waals surface area (Å²) in [7, 11) is 0. The highest BCUT2D eigenvalue weighted by Crippen LogP contribution is 2.28. The summed E-state index contributed by atoms with van der Waals surface area (Å²) in [5, 5.41) is 3.41. The molecule has 0 atom stereocenters. The van der Waals surface area contributed by atoms with Crippen molar-refractivity contribution in [2.45, 2.75) is 32.1 Å². The molecule has 0 aliphatic carbocycles. The fourth-order valence-corrected chi connectivity index (χ4v) is 3.03. The highest BCUT2D eigenvalue weighted by atomic mass is 16.5. The Bertz CT molecular complexity index is 413. The molecule has 3 heteroatoms. The molecule has 2 aliphatic heterocycles. The van der Waals surface area contributed by atoms with Crippen LogP contribution in [0.3, 0.4) is 0 Å². The molecule has 0 spiro atoms. The fraction of sp³-hybridized carbons (Fsp3) is 0.625. The first-order valence-electron chi connectivity index (χ1n) is 7.64. The lowest BCUT2D eigenvalue weighted by atomic mass is 10.1. The maximum absolute atomic E-state index is 5.61. The number of anilines is 1. The molecule has 0 amide bonds. The van der Waals surface area contributed by atoms with Crippen LogP contribution < -0.4 is 10.1 Å². The number of aryl methyl sites for hydroxylation is 1. The number of piperidine rings is 1. The summed E-state index contributed by atoms with van der Waals surface area (Å²) in [4.78, 5) is 2.61. The van der Waals surface area contributed by atoms with Crippen molar-refractivity contribution >= 4 is 5.69 Å². The first kappa shape index (κ1) is 12.8. The predicted molar refractivity (Wildman–Crippen MR) is 79.0 cm³/mol. The quantitative estimate of drug-likeness (QED) is 0.901. The van der Waals surface area contributed by atoms with Crippen molar-refractivity contribution in [3.05, 3.63) is 23.8 Å². The van der Waals surface area contributed by atoms with Gasteiger partial charge in [-0.1, -0.05) is 12.5 Å². The van der Waals surface area contributed by atoms with Crippen LogP contribution in [0.5, 0.6) is 5.75 Å². The van der Waals surface area contributed by atoms with Crippen molar-refractivity contribution < 1.29 is 4.74 Å². The van der Waals surface area contributed by atoms with Gasteiger partial charge in [0.1, 0.15) is 12.4 Å². The summed E-state index contributed by atoms with van der Waals surface area (Å²) in [6, 6.07) is 6.57. The molecular weight excluding hydrogens is 236 g/mol. The van der Waals surface area contributed by atoms with E-state index in [4.69, 9.17) is 4.74 Å². The van der Waals surface area contributed by atoms with Gasteiger partial charge in [-0.15, -0.1) is 0 Å². The van der Waals surface area contributed by atoms with Crippen LogP contribution in [0.1, 0.15) is 31.2 Å². The standard InChI is InChI=1S/C16H24N2O/c1-2-9-18(10-3-1)11-4-5-14-6-7-16-15(13-14)17-8-12-19-16/h6-7,13,17H,1-5,8-12H2. The molecule has 0 unspecified atom stereocenters. The topological polar surface area (TPSA) is 24.5 Å². The Morgan fingerprint density at radius 1 is 1.16 bits per heavy atom. The largest absolute Gasteiger partial charge is 0.490 e. The number of likely N-dealkylation sites (tertiary alicyclic amines) is 1. The van der Waals surface area contributed by atoms with Crippen molar-refractivity contribution in [2.75, 3.05) is 38.1 Å². The van der Waals surface area contributed by atoms with Gasteiger partial charge in [-0.05, 0) is 63.0 Å². The molecule has 0 saturated carbocycles. The molecular formula is C16H24N2O. The van der Waals surface area contributed by atoms with E-state index in [1.807, 2.05) is 0 Å². The zero-order valence-electron chi connectivity index (χ0n) is 11.7. The van der Waals surface area contributed by atoms with Crippen molar-refractivity contribution in [1.82, 2.24) is 4.90 Å². The minimum atomic E-state index is 0.779. The van der Waals surface area contributed by atoms with E-state index < -0.39 is 0 Å². The average molecular weight is 260 g/mol. The van der Waals surface area contributed by atoms with Crippen LogP contribution in [0.25, 0.3) is 0 Å². The van der Waals surface area contributed by atoms with Crippen molar-refractivity contribution in [3.8, 4) is 5.75 Å². The number of ether oxygens (including phenoxy) is 1. The number of hydrogen-bond donors (Lipinski definition) is 1. The Morgan fingerprint density at radius 3 is 2.95 bits per heavy atom. The molecule has 1 fully saturated rings. The molecule has 1 saturated heterocycles. The predicted octanol–water partition coefficient (Wildman–Crippen LogP) is 2.91. The van der Waals surface area contributed by atoms with Gasteiger partial charge in [-0.3, -0.25) is 0 Å². The number of nitrogens with zero attached hydrogens (tertiary/aromatic N) is 1. The monoisotopic (exact) mass is 260 g/mol. The minimum absolute atomic E-state index is 0.779. The Hall–Kier alpha value is -1.22. The third-order valence-electron chi connectivity index (χ3n) is 4.11. The van der Waals surface area contributed by atoms with E-state index in [0.29, 0.717) is 0 Å². The molecule has 104 valence electrons. The van der Waals surface area contributed by atoms with E-state index in [1.54, 1.807) is 0 Å². The SMILES string of the molecule is c1cc2c(cc1CCCN1CCCCC1)NCCO2. The molecule has 3 nitrogen and oxygen atoms in total. The van der Waals surface area contributed by atoms with Crippen LogP contribution in [0.4, 0.5) is 5.69 Å². The Kier molecular flexibility index (Phi) is 4.23. The molecule has 1 aromatic carbocycles. The van der Waals surface area contributed by atoms with E-state index in [9.17, 15) is 0 Å². The second kappa shape index (κ2) is 6.29. The summed E-state index contributed by atoms with van der Waals surface area (Å²) in [5.41, 5.74) is 2.59. The minimum Gasteiger partial charge on any atom is -0.490 e. The fourth-order valence-electron chi connectivity index (χ4n) is 3.03. The summed E-state index contributed by atoms with van der Waals surface area (Å²) < 4.78 is 5.61. The first-order valence-corrected chi connectivity index (χ1v) is 7.64.